The van der Waals surface area contributed by atoms with Crippen LogP contribution in [0.4, 0.5) is 19.3 Å². The lowest BCUT2D eigenvalue weighted by Gasteiger charge is -2.12. The minimum atomic E-state index is -0.828. The van der Waals surface area contributed by atoms with Crippen LogP contribution >= 0.6 is 11.6 Å². The summed E-state index contributed by atoms with van der Waals surface area (Å²) < 4.78 is 28.4. The Morgan fingerprint density at radius 2 is 1.85 bits per heavy atom. The van der Waals surface area contributed by atoms with E-state index in [2.05, 4.69) is 10.6 Å². The molecule has 3 rings (SSSR count). The number of halogens is 3. The van der Waals surface area contributed by atoms with Gasteiger partial charge in [-0.2, -0.15) is 0 Å². The average Bonchev–Trinajstić information content (AvgIpc) is 3.05. The van der Waals surface area contributed by atoms with Crippen molar-refractivity contribution in [2.24, 2.45) is 0 Å². The van der Waals surface area contributed by atoms with Gasteiger partial charge in [-0.15, -0.1) is 0 Å². The number of hydrogen-bond acceptors (Lipinski definition) is 1. The van der Waals surface area contributed by atoms with Gasteiger partial charge >= 0.3 is 6.03 Å². The number of carbonyl (C=O) groups is 1. The zero-order chi connectivity index (χ0) is 18.5. The van der Waals surface area contributed by atoms with Gasteiger partial charge in [-0.3, -0.25) is 0 Å². The molecule has 1 heterocycles. The lowest BCUT2D eigenvalue weighted by Crippen LogP contribution is -2.29. The summed E-state index contributed by atoms with van der Waals surface area (Å²) in [6.07, 6.45) is 1.91. The van der Waals surface area contributed by atoms with Crippen LogP contribution < -0.4 is 10.6 Å². The summed E-state index contributed by atoms with van der Waals surface area (Å²) in [5.74, 6) is -1.53. The Kier molecular flexibility index (Phi) is 5.53. The Bertz CT molecular complexity index is 909. The Labute approximate surface area is 154 Å². The molecule has 3 aromatic rings. The monoisotopic (exact) mass is 375 g/mol. The lowest BCUT2D eigenvalue weighted by atomic mass is 10.2. The molecule has 0 radical (unpaired) electrons. The number of rotatable bonds is 5. The summed E-state index contributed by atoms with van der Waals surface area (Å²) in [5, 5.41) is 5.69. The third kappa shape index (κ3) is 4.61. The quantitative estimate of drug-likeness (QED) is 0.661. The second-order valence-electron chi connectivity index (χ2n) is 5.69. The number of benzene rings is 2. The third-order valence-electron chi connectivity index (χ3n) is 3.80. The van der Waals surface area contributed by atoms with Crippen LogP contribution in [0.25, 0.3) is 0 Å². The fraction of sp³-hybridized carbons (Fsp3) is 0.105. The van der Waals surface area contributed by atoms with Gasteiger partial charge < -0.3 is 15.2 Å². The molecular weight excluding hydrogens is 360 g/mol. The summed E-state index contributed by atoms with van der Waals surface area (Å²) in [6.45, 7) is 0.893. The molecule has 0 bridgehead atoms. The second kappa shape index (κ2) is 8.01. The summed E-state index contributed by atoms with van der Waals surface area (Å²) in [5.41, 5.74) is 1.87. The molecule has 0 aliphatic carbocycles. The Morgan fingerprint density at radius 3 is 2.58 bits per heavy atom. The first-order valence-corrected chi connectivity index (χ1v) is 8.27. The van der Waals surface area contributed by atoms with Crippen LogP contribution in [0.2, 0.25) is 5.02 Å². The maximum absolute atomic E-state index is 13.6. The first kappa shape index (κ1) is 17.9. The molecule has 0 aliphatic heterocycles. The fourth-order valence-electron chi connectivity index (χ4n) is 2.48. The molecule has 4 nitrogen and oxygen atoms in total. The number of nitrogens with zero attached hydrogens (tertiary/aromatic N) is 1. The van der Waals surface area contributed by atoms with E-state index in [1.165, 1.54) is 6.07 Å². The van der Waals surface area contributed by atoms with Gasteiger partial charge in [0, 0.05) is 29.5 Å². The van der Waals surface area contributed by atoms with E-state index in [0.29, 0.717) is 17.6 Å². The maximum Gasteiger partial charge on any atom is 0.319 e. The van der Waals surface area contributed by atoms with Gasteiger partial charge in [0.15, 0.2) is 0 Å². The van der Waals surface area contributed by atoms with Gasteiger partial charge in [0.05, 0.1) is 12.2 Å². The molecule has 7 heteroatoms. The molecule has 0 spiro atoms. The third-order valence-corrected chi connectivity index (χ3v) is 4.05. The molecule has 2 N–H and O–H groups in total. The molecular formula is C19H16ClF2N3O. The highest BCUT2D eigenvalue weighted by Gasteiger charge is 2.09. The SMILES string of the molecule is O=C(NCc1cccn1Cc1ccc(Cl)cc1)Nc1ccc(F)cc1F. The van der Waals surface area contributed by atoms with E-state index in [1.54, 1.807) is 0 Å². The van der Waals surface area contributed by atoms with Crippen molar-refractivity contribution in [3.05, 3.63) is 88.7 Å². The van der Waals surface area contributed by atoms with Crippen molar-refractivity contribution in [3.63, 3.8) is 0 Å². The van der Waals surface area contributed by atoms with Crippen molar-refractivity contribution in [1.29, 1.82) is 0 Å². The van der Waals surface area contributed by atoms with E-state index in [-0.39, 0.29) is 12.2 Å². The molecule has 26 heavy (non-hydrogen) atoms. The number of anilines is 1. The van der Waals surface area contributed by atoms with Crippen molar-refractivity contribution in [2.45, 2.75) is 13.1 Å². The minimum Gasteiger partial charge on any atom is -0.345 e. The number of urea groups is 1. The molecule has 0 unspecified atom stereocenters. The smallest absolute Gasteiger partial charge is 0.319 e. The van der Waals surface area contributed by atoms with Gasteiger partial charge in [-0.1, -0.05) is 23.7 Å². The maximum atomic E-state index is 13.6. The van der Waals surface area contributed by atoms with Crippen LogP contribution in [0.15, 0.2) is 60.8 Å². The van der Waals surface area contributed by atoms with E-state index >= 15 is 0 Å². The van der Waals surface area contributed by atoms with E-state index in [1.807, 2.05) is 47.2 Å². The van der Waals surface area contributed by atoms with Gasteiger partial charge in [0.1, 0.15) is 11.6 Å². The molecule has 0 atom stereocenters. The number of nitrogens with one attached hydrogen (secondary N) is 2. The van der Waals surface area contributed by atoms with Crippen LogP contribution in [0.3, 0.4) is 0 Å². The summed E-state index contributed by atoms with van der Waals surface area (Å²) in [6, 6.07) is 13.7. The zero-order valence-corrected chi connectivity index (χ0v) is 14.4. The number of carbonyl (C=O) groups excluding carboxylic acids is 1. The summed E-state index contributed by atoms with van der Waals surface area (Å²) in [7, 11) is 0. The summed E-state index contributed by atoms with van der Waals surface area (Å²) in [4.78, 5) is 11.9. The molecule has 0 fully saturated rings. The van der Waals surface area contributed by atoms with E-state index in [9.17, 15) is 13.6 Å². The topological polar surface area (TPSA) is 46.1 Å². The second-order valence-corrected chi connectivity index (χ2v) is 6.12. The minimum absolute atomic E-state index is 0.0829. The average molecular weight is 376 g/mol. The summed E-state index contributed by atoms with van der Waals surface area (Å²) >= 11 is 5.89. The number of amides is 2. The van der Waals surface area contributed by atoms with Gasteiger partial charge in [-0.25, -0.2) is 13.6 Å². The molecule has 0 saturated carbocycles. The fourth-order valence-corrected chi connectivity index (χ4v) is 2.60. The van der Waals surface area contributed by atoms with Gasteiger partial charge in [0.2, 0.25) is 0 Å². The van der Waals surface area contributed by atoms with Gasteiger partial charge in [-0.05, 0) is 42.0 Å². The van der Waals surface area contributed by atoms with E-state index in [4.69, 9.17) is 11.6 Å². The van der Waals surface area contributed by atoms with Crippen molar-refractivity contribution in [1.82, 2.24) is 9.88 Å². The molecule has 0 aliphatic rings. The van der Waals surface area contributed by atoms with Crippen LogP contribution in [-0.2, 0) is 13.1 Å². The molecule has 2 amide bonds. The molecule has 2 aromatic carbocycles. The van der Waals surface area contributed by atoms with Crippen molar-refractivity contribution in [2.75, 3.05) is 5.32 Å². The van der Waals surface area contributed by atoms with Crippen molar-refractivity contribution < 1.29 is 13.6 Å². The highest BCUT2D eigenvalue weighted by Crippen LogP contribution is 2.15. The highest BCUT2D eigenvalue weighted by molar-refractivity contribution is 6.30. The standard InChI is InChI=1S/C19H16ClF2N3O/c20-14-5-3-13(4-6-14)12-25-9-1-2-16(25)11-23-19(26)24-18-8-7-15(21)10-17(18)22/h1-10H,11-12H2,(H2,23,24,26). The normalized spacial score (nSPS) is 10.6. The Morgan fingerprint density at radius 1 is 1.08 bits per heavy atom. The predicted octanol–water partition coefficient (Wildman–Crippen LogP) is 4.79. The van der Waals surface area contributed by atoms with Crippen LogP contribution in [0, 0.1) is 11.6 Å². The largest absolute Gasteiger partial charge is 0.345 e. The number of hydrogen-bond donors (Lipinski definition) is 2. The molecule has 134 valence electrons. The van der Waals surface area contributed by atoms with Crippen LogP contribution in [0.1, 0.15) is 11.3 Å². The lowest BCUT2D eigenvalue weighted by molar-refractivity contribution is 0.251. The first-order chi connectivity index (χ1) is 12.5. The highest BCUT2D eigenvalue weighted by atomic mass is 35.5. The van der Waals surface area contributed by atoms with E-state index < -0.39 is 17.7 Å². The number of aromatic nitrogens is 1. The van der Waals surface area contributed by atoms with Crippen LogP contribution in [-0.4, -0.2) is 10.6 Å². The van der Waals surface area contributed by atoms with E-state index in [0.717, 1.165) is 17.3 Å². The molecule has 0 saturated heterocycles. The van der Waals surface area contributed by atoms with Gasteiger partial charge in [0.25, 0.3) is 0 Å². The molecule has 1 aromatic heterocycles. The Balaban J connectivity index is 1.59. The first-order valence-electron chi connectivity index (χ1n) is 7.89. The Hall–Kier alpha value is -2.86. The van der Waals surface area contributed by atoms with Crippen molar-refractivity contribution in [3.8, 4) is 0 Å². The zero-order valence-electron chi connectivity index (χ0n) is 13.7. The van der Waals surface area contributed by atoms with Crippen molar-refractivity contribution >= 4 is 23.3 Å². The predicted molar refractivity (Wildman–Crippen MR) is 97.2 cm³/mol. The van der Waals surface area contributed by atoms with Crippen LogP contribution in [0.5, 0.6) is 0 Å².